The number of ether oxygens (including phenoxy) is 3. The van der Waals surface area contributed by atoms with E-state index in [-0.39, 0.29) is 28.5 Å². The molecule has 1 aliphatic heterocycles. The van der Waals surface area contributed by atoms with Crippen LogP contribution in [0.4, 0.5) is 9.18 Å². The van der Waals surface area contributed by atoms with E-state index in [4.69, 9.17) is 25.8 Å². The summed E-state index contributed by atoms with van der Waals surface area (Å²) in [5.41, 5.74) is 1.26. The van der Waals surface area contributed by atoms with E-state index in [2.05, 4.69) is 0 Å². The van der Waals surface area contributed by atoms with Gasteiger partial charge in [0.2, 0.25) is 0 Å². The van der Waals surface area contributed by atoms with Crippen molar-refractivity contribution < 1.29 is 33.0 Å². The van der Waals surface area contributed by atoms with Crippen molar-refractivity contribution in [3.63, 3.8) is 0 Å². The van der Waals surface area contributed by atoms with E-state index in [9.17, 15) is 18.8 Å². The van der Waals surface area contributed by atoms with Crippen LogP contribution in [0.5, 0.6) is 11.5 Å². The Hall–Kier alpha value is -3.04. The molecular weight excluding hydrogens is 485 g/mol. The van der Waals surface area contributed by atoms with Gasteiger partial charge in [0.05, 0.1) is 22.6 Å². The zero-order valence-electron chi connectivity index (χ0n) is 18.8. The predicted octanol–water partition coefficient (Wildman–Crippen LogP) is 5.44. The van der Waals surface area contributed by atoms with Crippen LogP contribution in [0.1, 0.15) is 31.9 Å². The van der Waals surface area contributed by atoms with E-state index >= 15 is 0 Å². The molecule has 10 heteroatoms. The first-order valence-electron chi connectivity index (χ1n) is 10.5. The molecule has 2 aromatic carbocycles. The Morgan fingerprint density at radius 3 is 2.53 bits per heavy atom. The number of thioether (sulfide) groups is 1. The lowest BCUT2D eigenvalue weighted by Gasteiger charge is -2.15. The maximum absolute atomic E-state index is 13.1. The van der Waals surface area contributed by atoms with Gasteiger partial charge in [-0.15, -0.1) is 0 Å². The van der Waals surface area contributed by atoms with Crippen LogP contribution in [0.15, 0.2) is 41.3 Å². The van der Waals surface area contributed by atoms with Crippen molar-refractivity contribution in [3.05, 3.63) is 63.3 Å². The molecule has 1 saturated heterocycles. The van der Waals surface area contributed by atoms with Crippen molar-refractivity contribution in [2.45, 2.75) is 33.5 Å². The minimum absolute atomic E-state index is 0.140. The first-order chi connectivity index (χ1) is 16.2. The van der Waals surface area contributed by atoms with E-state index in [0.29, 0.717) is 23.7 Å². The quantitative estimate of drug-likeness (QED) is 0.330. The Morgan fingerprint density at radius 1 is 1.18 bits per heavy atom. The highest BCUT2D eigenvalue weighted by Gasteiger charge is 2.36. The first kappa shape index (κ1) is 25.6. The lowest BCUT2D eigenvalue weighted by atomic mass is 10.1. The predicted molar refractivity (Wildman–Crippen MR) is 127 cm³/mol. The van der Waals surface area contributed by atoms with E-state index in [1.165, 1.54) is 18.2 Å². The number of amides is 2. The van der Waals surface area contributed by atoms with Crippen LogP contribution in [0, 0.1) is 5.82 Å². The summed E-state index contributed by atoms with van der Waals surface area (Å²) in [5, 5.41) is -0.327. The molecule has 0 atom stereocenters. The lowest BCUT2D eigenvalue weighted by molar-refractivity contribution is -0.149. The molecule has 3 rings (SSSR count). The number of benzene rings is 2. The van der Waals surface area contributed by atoms with Gasteiger partial charge in [0.1, 0.15) is 19.0 Å². The number of nitrogens with zero attached hydrogens (tertiary/aromatic N) is 1. The summed E-state index contributed by atoms with van der Waals surface area (Å²) in [4.78, 5) is 37.8. The molecule has 2 aromatic rings. The molecule has 1 aliphatic rings. The highest BCUT2D eigenvalue weighted by atomic mass is 35.5. The molecule has 0 bridgehead atoms. The topological polar surface area (TPSA) is 82.1 Å². The van der Waals surface area contributed by atoms with E-state index in [0.717, 1.165) is 22.2 Å². The van der Waals surface area contributed by atoms with Gasteiger partial charge >= 0.3 is 5.97 Å². The third kappa shape index (κ3) is 6.51. The van der Waals surface area contributed by atoms with Gasteiger partial charge in [0.15, 0.2) is 11.5 Å². The second-order valence-electron chi connectivity index (χ2n) is 7.48. The van der Waals surface area contributed by atoms with Crippen LogP contribution in [0.3, 0.4) is 0 Å². The zero-order chi connectivity index (χ0) is 24.8. The van der Waals surface area contributed by atoms with Crippen LogP contribution in [0.2, 0.25) is 5.02 Å². The minimum Gasteiger partial charge on any atom is -0.490 e. The van der Waals surface area contributed by atoms with Crippen LogP contribution in [0.25, 0.3) is 6.08 Å². The standard InChI is InChI=1S/C24H23ClFNO6S/c1-4-31-19-10-16(9-18(25)22(19)32-13-15-5-7-17(26)8-6-15)11-20-23(29)27(24(30)34-20)12-21(28)33-14(2)3/h5-11,14H,4,12-13H2,1-3H3/b20-11-. The van der Waals surface area contributed by atoms with Crippen LogP contribution in [-0.2, 0) is 20.9 Å². The lowest BCUT2D eigenvalue weighted by Crippen LogP contribution is -2.35. The summed E-state index contributed by atoms with van der Waals surface area (Å²) in [6, 6.07) is 9.09. The van der Waals surface area contributed by atoms with E-state index in [1.807, 2.05) is 0 Å². The van der Waals surface area contributed by atoms with Gasteiger partial charge in [-0.3, -0.25) is 19.3 Å². The smallest absolute Gasteiger partial charge is 0.326 e. The second kappa shape index (κ2) is 11.4. The summed E-state index contributed by atoms with van der Waals surface area (Å²) in [5.74, 6) is -0.954. The van der Waals surface area contributed by atoms with Gasteiger partial charge in [-0.2, -0.15) is 0 Å². The Kier molecular flexibility index (Phi) is 8.57. The summed E-state index contributed by atoms with van der Waals surface area (Å²) >= 11 is 7.15. The van der Waals surface area contributed by atoms with Crippen molar-refractivity contribution in [2.24, 2.45) is 0 Å². The molecule has 1 heterocycles. The zero-order valence-corrected chi connectivity index (χ0v) is 20.4. The number of hydrogen-bond acceptors (Lipinski definition) is 7. The van der Waals surface area contributed by atoms with Gasteiger partial charge in [0.25, 0.3) is 11.1 Å². The Labute approximate surface area is 205 Å². The van der Waals surface area contributed by atoms with Crippen molar-refractivity contribution >= 4 is 46.6 Å². The maximum atomic E-state index is 13.1. The molecule has 0 aliphatic carbocycles. The summed E-state index contributed by atoms with van der Waals surface area (Å²) in [6.07, 6.45) is 1.14. The van der Waals surface area contributed by atoms with Crippen molar-refractivity contribution in [3.8, 4) is 11.5 Å². The number of halogens is 2. The summed E-state index contributed by atoms with van der Waals surface area (Å²) in [7, 11) is 0. The molecule has 2 amide bonds. The number of carbonyl (C=O) groups excluding carboxylic acids is 3. The second-order valence-corrected chi connectivity index (χ2v) is 8.89. The summed E-state index contributed by atoms with van der Waals surface area (Å²) in [6.45, 7) is 5.18. The van der Waals surface area contributed by atoms with Gasteiger partial charge in [-0.1, -0.05) is 23.7 Å². The molecule has 0 saturated carbocycles. The monoisotopic (exact) mass is 507 g/mol. The highest BCUT2D eigenvalue weighted by molar-refractivity contribution is 8.18. The minimum atomic E-state index is -0.664. The number of rotatable bonds is 9. The molecule has 0 spiro atoms. The normalized spacial score (nSPS) is 14.8. The van der Waals surface area contributed by atoms with E-state index < -0.39 is 23.7 Å². The van der Waals surface area contributed by atoms with Gasteiger partial charge < -0.3 is 14.2 Å². The first-order valence-corrected chi connectivity index (χ1v) is 11.7. The summed E-state index contributed by atoms with van der Waals surface area (Å²) < 4.78 is 29.6. The molecule has 7 nitrogen and oxygen atoms in total. The fourth-order valence-electron chi connectivity index (χ4n) is 3.03. The number of imide groups is 1. The third-order valence-electron chi connectivity index (χ3n) is 4.45. The largest absolute Gasteiger partial charge is 0.490 e. The SMILES string of the molecule is CCOc1cc(/C=C2\SC(=O)N(CC(=O)OC(C)C)C2=O)cc(Cl)c1OCc1ccc(F)cc1. The number of esters is 1. The van der Waals surface area contributed by atoms with Crippen molar-refractivity contribution in [1.82, 2.24) is 4.90 Å². The molecule has 0 N–H and O–H groups in total. The van der Waals surface area contributed by atoms with E-state index in [1.54, 1.807) is 45.0 Å². The molecular formula is C24H23ClFNO6S. The molecule has 0 unspecified atom stereocenters. The Bertz CT molecular complexity index is 1120. The molecule has 0 radical (unpaired) electrons. The average molecular weight is 508 g/mol. The molecule has 0 aromatic heterocycles. The van der Waals surface area contributed by atoms with Gasteiger partial charge in [0, 0.05) is 0 Å². The van der Waals surface area contributed by atoms with Gasteiger partial charge in [-0.05, 0) is 74.0 Å². The average Bonchev–Trinajstić information content (AvgIpc) is 3.01. The molecule has 1 fully saturated rings. The number of carbonyl (C=O) groups is 3. The third-order valence-corrected chi connectivity index (χ3v) is 5.64. The Balaban J connectivity index is 1.80. The van der Waals surface area contributed by atoms with Crippen LogP contribution >= 0.6 is 23.4 Å². The Morgan fingerprint density at radius 2 is 1.88 bits per heavy atom. The van der Waals surface area contributed by atoms with Crippen LogP contribution in [-0.4, -0.2) is 41.3 Å². The molecule has 34 heavy (non-hydrogen) atoms. The van der Waals surface area contributed by atoms with Gasteiger partial charge in [-0.25, -0.2) is 4.39 Å². The maximum Gasteiger partial charge on any atom is 0.326 e. The number of hydrogen-bond donors (Lipinski definition) is 0. The van der Waals surface area contributed by atoms with Crippen molar-refractivity contribution in [2.75, 3.05) is 13.2 Å². The highest BCUT2D eigenvalue weighted by Crippen LogP contribution is 2.39. The fraction of sp³-hybridized carbons (Fsp3) is 0.292. The van der Waals surface area contributed by atoms with Crippen LogP contribution < -0.4 is 9.47 Å². The molecule has 180 valence electrons. The fourth-order valence-corrected chi connectivity index (χ4v) is 4.14. The van der Waals surface area contributed by atoms with Crippen molar-refractivity contribution in [1.29, 1.82) is 0 Å².